The Morgan fingerprint density at radius 2 is 2.00 bits per heavy atom. The van der Waals surface area contributed by atoms with E-state index in [0.717, 1.165) is 5.56 Å². The highest BCUT2D eigenvalue weighted by Gasteiger charge is 2.12. The predicted molar refractivity (Wildman–Crippen MR) is 85.8 cm³/mol. The number of amides is 2. The SMILES string of the molecule is O=C(NCc1ncc(-c2ccccc2)o1)NCC(O)c1ccco1. The number of rotatable bonds is 6. The van der Waals surface area contributed by atoms with Gasteiger partial charge in [-0.1, -0.05) is 30.3 Å². The summed E-state index contributed by atoms with van der Waals surface area (Å²) in [6.45, 7) is 0.190. The van der Waals surface area contributed by atoms with Gasteiger partial charge in [-0.25, -0.2) is 9.78 Å². The minimum absolute atomic E-state index is 0.0419. The summed E-state index contributed by atoms with van der Waals surface area (Å²) in [4.78, 5) is 15.9. The summed E-state index contributed by atoms with van der Waals surface area (Å²) in [5.74, 6) is 1.44. The highest BCUT2D eigenvalue weighted by atomic mass is 16.4. The third-order valence-corrected chi connectivity index (χ3v) is 3.34. The maximum absolute atomic E-state index is 11.7. The first-order valence-corrected chi connectivity index (χ1v) is 7.45. The van der Waals surface area contributed by atoms with Crippen LogP contribution >= 0.6 is 0 Å². The molecule has 2 amide bonds. The molecule has 0 spiro atoms. The smallest absolute Gasteiger partial charge is 0.315 e. The second-order valence-corrected chi connectivity index (χ2v) is 5.08. The molecule has 3 aromatic rings. The van der Waals surface area contributed by atoms with E-state index < -0.39 is 12.1 Å². The molecule has 1 aromatic carbocycles. The van der Waals surface area contributed by atoms with E-state index in [1.165, 1.54) is 6.26 Å². The minimum atomic E-state index is -0.892. The number of aliphatic hydroxyl groups excluding tert-OH is 1. The average molecular weight is 327 g/mol. The van der Waals surface area contributed by atoms with Gasteiger partial charge in [-0.15, -0.1) is 0 Å². The number of hydrogen-bond donors (Lipinski definition) is 3. The summed E-state index contributed by atoms with van der Waals surface area (Å²) in [6, 6.07) is 12.5. The number of nitrogens with zero attached hydrogens (tertiary/aromatic N) is 1. The van der Waals surface area contributed by atoms with Crippen LogP contribution in [-0.2, 0) is 6.54 Å². The van der Waals surface area contributed by atoms with E-state index >= 15 is 0 Å². The van der Waals surface area contributed by atoms with Gasteiger partial charge >= 0.3 is 6.03 Å². The Balaban J connectivity index is 1.46. The molecule has 2 aromatic heterocycles. The number of aromatic nitrogens is 1. The Labute approximate surface area is 138 Å². The first-order valence-electron chi connectivity index (χ1n) is 7.45. The van der Waals surface area contributed by atoms with Gasteiger partial charge < -0.3 is 24.6 Å². The Hall–Kier alpha value is -3.06. The van der Waals surface area contributed by atoms with Crippen LogP contribution in [0, 0.1) is 0 Å². The molecule has 3 rings (SSSR count). The highest BCUT2D eigenvalue weighted by molar-refractivity contribution is 5.73. The second-order valence-electron chi connectivity index (χ2n) is 5.08. The number of nitrogens with one attached hydrogen (secondary N) is 2. The molecule has 124 valence electrons. The molecule has 0 fully saturated rings. The number of oxazole rings is 1. The van der Waals surface area contributed by atoms with Crippen LogP contribution in [0.5, 0.6) is 0 Å². The maximum atomic E-state index is 11.7. The molecule has 7 heteroatoms. The minimum Gasteiger partial charge on any atom is -0.467 e. The van der Waals surface area contributed by atoms with Gasteiger partial charge in [0.1, 0.15) is 11.9 Å². The Kier molecular flexibility index (Phi) is 4.93. The molecule has 0 radical (unpaired) electrons. The quantitative estimate of drug-likeness (QED) is 0.646. The molecule has 0 saturated carbocycles. The van der Waals surface area contributed by atoms with E-state index in [9.17, 15) is 9.90 Å². The summed E-state index contributed by atoms with van der Waals surface area (Å²) in [7, 11) is 0. The van der Waals surface area contributed by atoms with E-state index in [-0.39, 0.29) is 13.1 Å². The molecule has 0 aliphatic heterocycles. The number of urea groups is 1. The van der Waals surface area contributed by atoms with Crippen LogP contribution in [0.15, 0.2) is 63.8 Å². The summed E-state index contributed by atoms with van der Waals surface area (Å²) in [6.07, 6.45) is 2.19. The molecular formula is C17H17N3O4. The van der Waals surface area contributed by atoms with E-state index in [0.29, 0.717) is 17.4 Å². The zero-order valence-electron chi connectivity index (χ0n) is 12.8. The summed E-state index contributed by atoms with van der Waals surface area (Å²) in [5, 5.41) is 15.0. The number of carbonyl (C=O) groups is 1. The molecule has 0 bridgehead atoms. The first kappa shape index (κ1) is 15.8. The Bertz CT molecular complexity index is 768. The van der Waals surface area contributed by atoms with Crippen LogP contribution in [0.2, 0.25) is 0 Å². The fourth-order valence-corrected chi connectivity index (χ4v) is 2.12. The van der Waals surface area contributed by atoms with Gasteiger partial charge in [-0.2, -0.15) is 0 Å². The third-order valence-electron chi connectivity index (χ3n) is 3.34. The third kappa shape index (κ3) is 4.02. The highest BCUT2D eigenvalue weighted by Crippen LogP contribution is 2.19. The topological polar surface area (TPSA) is 101 Å². The normalized spacial score (nSPS) is 11.9. The molecule has 3 N–H and O–H groups in total. The van der Waals surface area contributed by atoms with E-state index in [1.54, 1.807) is 18.3 Å². The molecule has 1 atom stereocenters. The van der Waals surface area contributed by atoms with Gasteiger partial charge in [0.05, 0.1) is 25.5 Å². The Morgan fingerprint density at radius 1 is 1.17 bits per heavy atom. The van der Waals surface area contributed by atoms with Crippen LogP contribution in [0.3, 0.4) is 0 Å². The molecule has 0 aliphatic carbocycles. The van der Waals surface area contributed by atoms with Crippen LogP contribution in [0.25, 0.3) is 11.3 Å². The standard InChI is InChI=1S/C17H17N3O4/c21-13(14-7-4-8-23-14)9-19-17(22)20-11-16-18-10-15(24-16)12-5-2-1-3-6-12/h1-8,10,13,21H,9,11H2,(H2,19,20,22). The molecule has 7 nitrogen and oxygen atoms in total. The molecular weight excluding hydrogens is 310 g/mol. The van der Waals surface area contributed by atoms with Crippen molar-refractivity contribution in [3.63, 3.8) is 0 Å². The predicted octanol–water partition coefficient (Wildman–Crippen LogP) is 2.47. The van der Waals surface area contributed by atoms with Crippen molar-refractivity contribution in [3.05, 3.63) is 66.6 Å². The lowest BCUT2D eigenvalue weighted by molar-refractivity contribution is 0.148. The zero-order chi connectivity index (χ0) is 16.8. The van der Waals surface area contributed by atoms with Crippen molar-refractivity contribution in [1.82, 2.24) is 15.6 Å². The fraction of sp³-hybridized carbons (Fsp3) is 0.176. The van der Waals surface area contributed by atoms with Gasteiger partial charge in [0.2, 0.25) is 5.89 Å². The number of aliphatic hydroxyl groups is 1. The van der Waals surface area contributed by atoms with Crippen LogP contribution < -0.4 is 10.6 Å². The van der Waals surface area contributed by atoms with Crippen molar-refractivity contribution >= 4 is 6.03 Å². The van der Waals surface area contributed by atoms with Crippen molar-refractivity contribution in [2.75, 3.05) is 6.54 Å². The van der Waals surface area contributed by atoms with Crippen molar-refractivity contribution < 1.29 is 18.7 Å². The van der Waals surface area contributed by atoms with E-state index in [1.807, 2.05) is 30.3 Å². The summed E-state index contributed by atoms with van der Waals surface area (Å²) >= 11 is 0. The molecule has 2 heterocycles. The van der Waals surface area contributed by atoms with E-state index in [2.05, 4.69) is 15.6 Å². The second kappa shape index (κ2) is 7.47. The number of benzene rings is 1. The van der Waals surface area contributed by atoms with Crippen molar-refractivity contribution in [2.45, 2.75) is 12.6 Å². The van der Waals surface area contributed by atoms with Crippen molar-refractivity contribution in [2.24, 2.45) is 0 Å². The average Bonchev–Trinajstić information content (AvgIpc) is 3.30. The number of carbonyl (C=O) groups excluding carboxylic acids is 1. The van der Waals surface area contributed by atoms with Gasteiger partial charge in [-0.3, -0.25) is 0 Å². The first-order chi connectivity index (χ1) is 11.7. The summed E-state index contributed by atoms with van der Waals surface area (Å²) < 4.78 is 10.6. The van der Waals surface area contributed by atoms with Crippen molar-refractivity contribution in [3.8, 4) is 11.3 Å². The lowest BCUT2D eigenvalue weighted by Crippen LogP contribution is -2.37. The number of furan rings is 1. The molecule has 1 unspecified atom stereocenters. The van der Waals surface area contributed by atoms with Crippen LogP contribution in [0.1, 0.15) is 17.8 Å². The summed E-state index contributed by atoms with van der Waals surface area (Å²) in [5.41, 5.74) is 0.919. The molecule has 0 saturated heterocycles. The Morgan fingerprint density at radius 3 is 2.75 bits per heavy atom. The van der Waals surface area contributed by atoms with Gasteiger partial charge in [0, 0.05) is 5.56 Å². The molecule has 0 aliphatic rings. The lowest BCUT2D eigenvalue weighted by Gasteiger charge is -2.09. The molecule has 24 heavy (non-hydrogen) atoms. The van der Waals surface area contributed by atoms with Crippen LogP contribution in [-0.4, -0.2) is 22.7 Å². The monoisotopic (exact) mass is 327 g/mol. The van der Waals surface area contributed by atoms with Crippen LogP contribution in [0.4, 0.5) is 4.79 Å². The van der Waals surface area contributed by atoms with Gasteiger partial charge in [-0.05, 0) is 12.1 Å². The van der Waals surface area contributed by atoms with Gasteiger partial charge in [0.25, 0.3) is 0 Å². The van der Waals surface area contributed by atoms with Crippen molar-refractivity contribution in [1.29, 1.82) is 0 Å². The van der Waals surface area contributed by atoms with E-state index in [4.69, 9.17) is 8.83 Å². The lowest BCUT2D eigenvalue weighted by atomic mass is 10.2. The van der Waals surface area contributed by atoms with Gasteiger partial charge in [0.15, 0.2) is 5.76 Å². The largest absolute Gasteiger partial charge is 0.467 e. The zero-order valence-corrected chi connectivity index (χ0v) is 12.8. The number of hydrogen-bond acceptors (Lipinski definition) is 5. The maximum Gasteiger partial charge on any atom is 0.315 e. The fourth-order valence-electron chi connectivity index (χ4n) is 2.12.